The van der Waals surface area contributed by atoms with Crippen molar-refractivity contribution in [3.63, 3.8) is 0 Å². The van der Waals surface area contributed by atoms with Crippen molar-refractivity contribution in [1.82, 2.24) is 20.2 Å². The highest BCUT2D eigenvalue weighted by atomic mass is 32.1. The van der Waals surface area contributed by atoms with Gasteiger partial charge in [0.1, 0.15) is 11.5 Å². The predicted molar refractivity (Wildman–Crippen MR) is 162 cm³/mol. The van der Waals surface area contributed by atoms with Gasteiger partial charge in [0, 0.05) is 50.9 Å². The van der Waals surface area contributed by atoms with E-state index in [1.165, 1.54) is 17.4 Å². The number of carbonyl (C=O) groups is 2. The number of fused-ring (bicyclic) bond motifs is 1. The van der Waals surface area contributed by atoms with Gasteiger partial charge in [-0.1, -0.05) is 26.5 Å². The number of carbonyl (C=O) groups excluding carboxylic acids is 2. The van der Waals surface area contributed by atoms with Crippen molar-refractivity contribution in [2.45, 2.75) is 59.9 Å². The van der Waals surface area contributed by atoms with Crippen LogP contribution in [0.15, 0.2) is 54.9 Å². The molecule has 0 unspecified atom stereocenters. The van der Waals surface area contributed by atoms with Crippen LogP contribution in [0.4, 0.5) is 9.18 Å². The van der Waals surface area contributed by atoms with Gasteiger partial charge < -0.3 is 15.0 Å². The molecule has 3 aromatic heterocycles. The Bertz CT molecular complexity index is 1500. The van der Waals surface area contributed by atoms with Crippen LogP contribution in [0.5, 0.6) is 11.5 Å². The molecule has 1 aromatic carbocycles. The number of aromatic nitrogens is 2. The van der Waals surface area contributed by atoms with Gasteiger partial charge in [0.15, 0.2) is 11.6 Å². The number of nitrogens with one attached hydrogen (secondary N) is 1. The standard InChI is InChI=1S/C31H33FN4O3S.CH4/c1-3-13-36(31(38)33-4-2)19-22-7-9-25(35-18-22)29-17-26-30(40-29)28(11-12-34-26)39-27-10-8-21(16-24(27)32)15-23(37)14-20-5-6-20;/h7-12,16-18,20H,3-6,13-15,19H2,1-2H3,(H,33,38);1H4. The van der Waals surface area contributed by atoms with Crippen LogP contribution in [0.2, 0.25) is 0 Å². The van der Waals surface area contributed by atoms with Gasteiger partial charge in [-0.3, -0.25) is 14.8 Å². The highest BCUT2D eigenvalue weighted by Crippen LogP contribution is 2.39. The molecule has 0 aliphatic heterocycles. The lowest BCUT2D eigenvalue weighted by Crippen LogP contribution is -2.39. The van der Waals surface area contributed by atoms with Crippen molar-refractivity contribution in [3.05, 3.63) is 71.8 Å². The molecule has 1 N–H and O–H groups in total. The quantitative estimate of drug-likeness (QED) is 0.186. The summed E-state index contributed by atoms with van der Waals surface area (Å²) in [7, 11) is 0. The summed E-state index contributed by atoms with van der Waals surface area (Å²) in [6.45, 7) is 5.69. The first-order chi connectivity index (χ1) is 19.4. The molecule has 216 valence electrons. The van der Waals surface area contributed by atoms with Gasteiger partial charge in [-0.25, -0.2) is 9.18 Å². The Morgan fingerprint density at radius 2 is 1.88 bits per heavy atom. The number of halogens is 1. The molecule has 41 heavy (non-hydrogen) atoms. The topological polar surface area (TPSA) is 84.4 Å². The number of hydrogen-bond donors (Lipinski definition) is 1. The third-order valence-corrected chi connectivity index (χ3v) is 7.93. The zero-order valence-electron chi connectivity index (χ0n) is 22.8. The molecule has 1 aliphatic rings. The molecule has 3 heterocycles. The van der Waals surface area contributed by atoms with E-state index < -0.39 is 5.82 Å². The van der Waals surface area contributed by atoms with Gasteiger partial charge in [-0.2, -0.15) is 0 Å². The molecule has 1 saturated carbocycles. The van der Waals surface area contributed by atoms with Crippen LogP contribution in [-0.4, -0.2) is 39.8 Å². The molecule has 0 saturated heterocycles. The number of nitrogens with zero attached hydrogens (tertiary/aromatic N) is 3. The van der Waals surface area contributed by atoms with E-state index in [1.54, 1.807) is 35.5 Å². The second-order valence-corrected chi connectivity index (χ2v) is 11.2. The molecule has 4 aromatic rings. The van der Waals surface area contributed by atoms with E-state index in [0.29, 0.717) is 43.3 Å². The third-order valence-electron chi connectivity index (χ3n) is 6.77. The number of urea groups is 1. The molecule has 2 amide bonds. The molecule has 0 bridgehead atoms. The fraction of sp³-hybridized carbons (Fsp3) is 0.375. The Hall–Kier alpha value is -3.85. The summed E-state index contributed by atoms with van der Waals surface area (Å²) < 4.78 is 21.7. The number of pyridine rings is 2. The zero-order chi connectivity index (χ0) is 28.1. The Balaban J connectivity index is 0.00000387. The number of ketones is 1. The number of ether oxygens (including phenoxy) is 1. The summed E-state index contributed by atoms with van der Waals surface area (Å²) in [6.07, 6.45) is 7.37. The average Bonchev–Trinajstić information content (AvgIpc) is 3.64. The van der Waals surface area contributed by atoms with Crippen molar-refractivity contribution in [1.29, 1.82) is 0 Å². The molecule has 0 atom stereocenters. The minimum atomic E-state index is -0.500. The fourth-order valence-electron chi connectivity index (χ4n) is 4.59. The highest BCUT2D eigenvalue weighted by molar-refractivity contribution is 7.22. The van der Waals surface area contributed by atoms with Crippen molar-refractivity contribution in [2.24, 2.45) is 5.92 Å². The largest absolute Gasteiger partial charge is 0.453 e. The Kier molecular flexibility index (Phi) is 10.0. The summed E-state index contributed by atoms with van der Waals surface area (Å²) in [6, 6.07) is 12.2. The maximum atomic E-state index is 14.9. The molecule has 1 aliphatic carbocycles. The molecule has 0 spiro atoms. The summed E-state index contributed by atoms with van der Waals surface area (Å²) in [5.74, 6) is 0.784. The summed E-state index contributed by atoms with van der Waals surface area (Å²) >= 11 is 1.47. The molecular weight excluding hydrogens is 539 g/mol. The minimum absolute atomic E-state index is 0. The smallest absolute Gasteiger partial charge is 0.317 e. The van der Waals surface area contributed by atoms with Crippen LogP contribution in [0.25, 0.3) is 20.8 Å². The van der Waals surface area contributed by atoms with Crippen molar-refractivity contribution in [2.75, 3.05) is 13.1 Å². The van der Waals surface area contributed by atoms with E-state index >= 15 is 0 Å². The van der Waals surface area contributed by atoms with Gasteiger partial charge in [0.25, 0.3) is 0 Å². The zero-order valence-corrected chi connectivity index (χ0v) is 23.6. The first kappa shape index (κ1) is 30.1. The molecule has 1 fully saturated rings. The number of benzene rings is 1. The Labute approximate surface area is 244 Å². The first-order valence-electron chi connectivity index (χ1n) is 13.8. The van der Waals surface area contributed by atoms with Crippen LogP contribution in [0, 0.1) is 11.7 Å². The Morgan fingerprint density at radius 3 is 2.56 bits per heavy atom. The fourth-order valence-corrected chi connectivity index (χ4v) is 5.63. The maximum absolute atomic E-state index is 14.9. The first-order valence-corrected chi connectivity index (χ1v) is 14.6. The SMILES string of the molecule is C.CCCN(Cc1ccc(-c2cc3nccc(Oc4ccc(CC(=O)CC5CC5)cc4F)c3s2)nc1)C(=O)NCC. The van der Waals surface area contributed by atoms with Gasteiger partial charge in [0.2, 0.25) is 0 Å². The molecular formula is C32H37FN4O3S. The van der Waals surface area contributed by atoms with Crippen LogP contribution in [0.3, 0.4) is 0 Å². The van der Waals surface area contributed by atoms with E-state index in [9.17, 15) is 14.0 Å². The molecule has 0 radical (unpaired) electrons. The van der Waals surface area contributed by atoms with Crippen LogP contribution in [0.1, 0.15) is 58.1 Å². The van der Waals surface area contributed by atoms with Crippen LogP contribution in [-0.2, 0) is 17.8 Å². The van der Waals surface area contributed by atoms with Crippen LogP contribution >= 0.6 is 11.3 Å². The Morgan fingerprint density at radius 1 is 1.07 bits per heavy atom. The highest BCUT2D eigenvalue weighted by Gasteiger charge is 2.24. The van der Waals surface area contributed by atoms with Gasteiger partial charge in [0.05, 0.1) is 20.8 Å². The van der Waals surface area contributed by atoms with Crippen LogP contribution < -0.4 is 10.1 Å². The summed E-state index contributed by atoms with van der Waals surface area (Å²) in [5, 5.41) is 2.86. The van der Waals surface area contributed by atoms with Crippen molar-refractivity contribution < 1.29 is 18.7 Å². The van der Waals surface area contributed by atoms with Gasteiger partial charge >= 0.3 is 6.03 Å². The van der Waals surface area contributed by atoms with E-state index in [-0.39, 0.29) is 31.4 Å². The summed E-state index contributed by atoms with van der Waals surface area (Å²) in [4.78, 5) is 36.3. The normalized spacial score (nSPS) is 12.6. The molecule has 9 heteroatoms. The average molecular weight is 577 g/mol. The lowest BCUT2D eigenvalue weighted by Gasteiger charge is -2.22. The van der Waals surface area contributed by atoms with Crippen molar-refractivity contribution in [3.8, 4) is 22.1 Å². The lowest BCUT2D eigenvalue weighted by molar-refractivity contribution is -0.118. The minimum Gasteiger partial charge on any atom is -0.453 e. The number of thiophene rings is 1. The number of hydrogen-bond acceptors (Lipinski definition) is 6. The molecule has 7 nitrogen and oxygen atoms in total. The van der Waals surface area contributed by atoms with E-state index in [2.05, 4.69) is 15.3 Å². The maximum Gasteiger partial charge on any atom is 0.317 e. The monoisotopic (exact) mass is 576 g/mol. The van der Waals surface area contributed by atoms with Gasteiger partial charge in [-0.05, 0) is 67.5 Å². The van der Waals surface area contributed by atoms with Crippen molar-refractivity contribution >= 4 is 33.4 Å². The second-order valence-electron chi connectivity index (χ2n) is 10.2. The molecule has 5 rings (SSSR count). The number of Topliss-reactive ketones (excluding diaryl/α,β-unsaturated/α-hetero) is 1. The van der Waals surface area contributed by atoms with E-state index in [4.69, 9.17) is 4.74 Å². The number of rotatable bonds is 12. The summed E-state index contributed by atoms with van der Waals surface area (Å²) in [5.41, 5.74) is 3.12. The van der Waals surface area contributed by atoms with E-state index in [0.717, 1.165) is 45.6 Å². The van der Waals surface area contributed by atoms with Gasteiger partial charge in [-0.15, -0.1) is 11.3 Å². The lowest BCUT2D eigenvalue weighted by atomic mass is 10.0. The predicted octanol–water partition coefficient (Wildman–Crippen LogP) is 7.78. The second kappa shape index (κ2) is 13.7. The number of amides is 2. The van der Waals surface area contributed by atoms with E-state index in [1.807, 2.05) is 32.0 Å². The third kappa shape index (κ3) is 7.67.